The quantitative estimate of drug-likeness (QED) is 0.832. The SMILES string of the molecule is O=C(O)c1cnc(-c2cn[nH]n2)nc1C(F)(F)F. The second-order valence-electron chi connectivity index (χ2n) is 3.11. The Morgan fingerprint density at radius 1 is 1.33 bits per heavy atom. The number of aromatic amines is 1. The second kappa shape index (κ2) is 4.05. The van der Waals surface area contributed by atoms with Crippen LogP contribution < -0.4 is 0 Å². The van der Waals surface area contributed by atoms with Crippen LogP contribution in [-0.2, 0) is 6.18 Å². The van der Waals surface area contributed by atoms with E-state index < -0.39 is 23.4 Å². The van der Waals surface area contributed by atoms with Crippen LogP contribution in [0.2, 0.25) is 0 Å². The average molecular weight is 259 g/mol. The molecule has 0 bridgehead atoms. The molecule has 0 aliphatic heterocycles. The standard InChI is InChI=1S/C8H4F3N5O2/c9-8(10,11)5-3(7(17)18)1-12-6(14-5)4-2-13-16-15-4/h1-2H,(H,17,18)(H,13,15,16). The van der Waals surface area contributed by atoms with Gasteiger partial charge in [-0.2, -0.15) is 28.6 Å². The zero-order valence-electron chi connectivity index (χ0n) is 8.43. The highest BCUT2D eigenvalue weighted by atomic mass is 19.4. The molecule has 2 heterocycles. The van der Waals surface area contributed by atoms with Gasteiger partial charge in [-0.25, -0.2) is 14.8 Å². The van der Waals surface area contributed by atoms with E-state index in [0.717, 1.165) is 6.20 Å². The molecule has 2 aromatic rings. The third-order valence-electron chi connectivity index (χ3n) is 1.93. The predicted molar refractivity (Wildman–Crippen MR) is 49.4 cm³/mol. The first-order valence-corrected chi connectivity index (χ1v) is 4.43. The third kappa shape index (κ3) is 2.12. The van der Waals surface area contributed by atoms with Crippen LogP contribution in [-0.4, -0.2) is 36.5 Å². The molecule has 0 fully saturated rings. The molecule has 0 saturated carbocycles. The molecule has 0 aliphatic rings. The molecule has 10 heteroatoms. The normalized spacial score (nSPS) is 11.5. The number of nitrogens with zero attached hydrogens (tertiary/aromatic N) is 4. The van der Waals surface area contributed by atoms with Gasteiger partial charge < -0.3 is 5.11 Å². The number of carboxylic acid groups (broad SMARTS) is 1. The molecular formula is C8H4F3N5O2. The molecule has 0 aliphatic carbocycles. The van der Waals surface area contributed by atoms with Gasteiger partial charge in [-0.15, -0.1) is 0 Å². The summed E-state index contributed by atoms with van der Waals surface area (Å²) in [5, 5.41) is 17.7. The van der Waals surface area contributed by atoms with Crippen molar-refractivity contribution in [2.75, 3.05) is 0 Å². The molecule has 18 heavy (non-hydrogen) atoms. The highest BCUT2D eigenvalue weighted by molar-refractivity contribution is 5.88. The lowest BCUT2D eigenvalue weighted by Crippen LogP contribution is -2.16. The van der Waals surface area contributed by atoms with Crippen molar-refractivity contribution in [2.45, 2.75) is 6.18 Å². The fraction of sp³-hybridized carbons (Fsp3) is 0.125. The number of carbonyl (C=O) groups is 1. The van der Waals surface area contributed by atoms with E-state index >= 15 is 0 Å². The molecule has 0 amide bonds. The molecule has 94 valence electrons. The van der Waals surface area contributed by atoms with Gasteiger partial charge in [0.25, 0.3) is 0 Å². The topological polar surface area (TPSA) is 105 Å². The summed E-state index contributed by atoms with van der Waals surface area (Å²) in [6.45, 7) is 0. The minimum atomic E-state index is -4.89. The molecule has 0 atom stereocenters. The summed E-state index contributed by atoms with van der Waals surface area (Å²) < 4.78 is 37.9. The smallest absolute Gasteiger partial charge is 0.434 e. The zero-order chi connectivity index (χ0) is 13.3. The van der Waals surface area contributed by atoms with Crippen LogP contribution >= 0.6 is 0 Å². The van der Waals surface area contributed by atoms with Crippen LogP contribution in [0, 0.1) is 0 Å². The van der Waals surface area contributed by atoms with Gasteiger partial charge in [0.15, 0.2) is 11.5 Å². The van der Waals surface area contributed by atoms with E-state index in [4.69, 9.17) is 5.11 Å². The molecular weight excluding hydrogens is 255 g/mol. The van der Waals surface area contributed by atoms with Gasteiger partial charge in [0.1, 0.15) is 11.3 Å². The predicted octanol–water partition coefficient (Wildman–Crippen LogP) is 0.979. The lowest BCUT2D eigenvalue weighted by Gasteiger charge is -2.09. The Bertz CT molecular complexity index is 581. The number of hydrogen-bond donors (Lipinski definition) is 2. The second-order valence-corrected chi connectivity index (χ2v) is 3.11. The molecule has 2 aromatic heterocycles. The maximum absolute atomic E-state index is 12.6. The van der Waals surface area contributed by atoms with E-state index in [1.165, 1.54) is 0 Å². The van der Waals surface area contributed by atoms with Crippen molar-refractivity contribution in [3.63, 3.8) is 0 Å². The summed E-state index contributed by atoms with van der Waals surface area (Å²) in [5.74, 6) is -2.12. The van der Waals surface area contributed by atoms with Crippen molar-refractivity contribution in [3.8, 4) is 11.5 Å². The summed E-state index contributed by atoms with van der Waals surface area (Å²) in [6.07, 6.45) is -3.19. The average Bonchev–Trinajstić information content (AvgIpc) is 2.80. The third-order valence-corrected chi connectivity index (χ3v) is 1.93. The number of rotatable bonds is 2. The van der Waals surface area contributed by atoms with Gasteiger partial charge in [-0.1, -0.05) is 0 Å². The van der Waals surface area contributed by atoms with E-state index in [-0.39, 0.29) is 11.5 Å². The molecule has 2 rings (SSSR count). The minimum absolute atomic E-state index is 0.0163. The van der Waals surface area contributed by atoms with E-state index in [1.807, 2.05) is 0 Å². The molecule has 7 nitrogen and oxygen atoms in total. The molecule has 2 N–H and O–H groups in total. The largest absolute Gasteiger partial charge is 0.478 e. The van der Waals surface area contributed by atoms with Gasteiger partial charge in [0.05, 0.1) is 6.20 Å². The monoisotopic (exact) mass is 259 g/mol. The zero-order valence-corrected chi connectivity index (χ0v) is 8.43. The fourth-order valence-corrected chi connectivity index (χ4v) is 1.19. The molecule has 0 saturated heterocycles. The number of H-pyrrole nitrogens is 1. The maximum Gasteiger partial charge on any atom is 0.434 e. The van der Waals surface area contributed by atoms with E-state index in [1.54, 1.807) is 0 Å². The van der Waals surface area contributed by atoms with Crippen LogP contribution in [0.25, 0.3) is 11.5 Å². The van der Waals surface area contributed by atoms with Crippen molar-refractivity contribution in [1.82, 2.24) is 25.4 Å². The number of aromatic nitrogens is 5. The van der Waals surface area contributed by atoms with E-state index in [2.05, 4.69) is 25.4 Å². The lowest BCUT2D eigenvalue weighted by atomic mass is 10.2. The van der Waals surface area contributed by atoms with Crippen molar-refractivity contribution in [1.29, 1.82) is 0 Å². The Kier molecular flexibility index (Phi) is 2.69. The Morgan fingerprint density at radius 3 is 2.56 bits per heavy atom. The number of carboxylic acids is 1. The molecule has 0 spiro atoms. The Morgan fingerprint density at radius 2 is 2.06 bits per heavy atom. The first-order valence-electron chi connectivity index (χ1n) is 4.43. The van der Waals surface area contributed by atoms with Gasteiger partial charge in [0.2, 0.25) is 0 Å². The maximum atomic E-state index is 12.6. The highest BCUT2D eigenvalue weighted by Crippen LogP contribution is 2.31. The van der Waals surface area contributed by atoms with Crippen molar-refractivity contribution in [3.05, 3.63) is 23.7 Å². The van der Waals surface area contributed by atoms with E-state index in [0.29, 0.717) is 6.20 Å². The summed E-state index contributed by atoms with van der Waals surface area (Å²) in [6, 6.07) is 0. The van der Waals surface area contributed by atoms with Crippen LogP contribution in [0.4, 0.5) is 13.2 Å². The molecule has 0 aromatic carbocycles. The fourth-order valence-electron chi connectivity index (χ4n) is 1.19. The van der Waals surface area contributed by atoms with Gasteiger partial charge in [-0.05, 0) is 0 Å². The van der Waals surface area contributed by atoms with Gasteiger partial charge in [-0.3, -0.25) is 0 Å². The van der Waals surface area contributed by atoms with Crippen LogP contribution in [0.5, 0.6) is 0 Å². The summed E-state index contributed by atoms with van der Waals surface area (Å²) in [4.78, 5) is 17.3. The summed E-state index contributed by atoms with van der Waals surface area (Å²) in [5.41, 5.74) is -2.56. The Labute approximate surface area is 96.7 Å². The Hall–Kier alpha value is -2.52. The van der Waals surface area contributed by atoms with Crippen LogP contribution in [0.3, 0.4) is 0 Å². The minimum Gasteiger partial charge on any atom is -0.478 e. The first-order chi connectivity index (χ1) is 8.39. The van der Waals surface area contributed by atoms with Crippen LogP contribution in [0.1, 0.15) is 16.1 Å². The number of nitrogens with one attached hydrogen (secondary N) is 1. The van der Waals surface area contributed by atoms with Crippen LogP contribution in [0.15, 0.2) is 12.4 Å². The molecule has 0 unspecified atom stereocenters. The van der Waals surface area contributed by atoms with Crippen molar-refractivity contribution >= 4 is 5.97 Å². The van der Waals surface area contributed by atoms with Crippen molar-refractivity contribution in [2.24, 2.45) is 0 Å². The number of alkyl halides is 3. The first kappa shape index (κ1) is 12.0. The lowest BCUT2D eigenvalue weighted by molar-refractivity contribution is -0.141. The number of hydrogen-bond acceptors (Lipinski definition) is 5. The number of halogens is 3. The van der Waals surface area contributed by atoms with E-state index in [9.17, 15) is 18.0 Å². The summed E-state index contributed by atoms with van der Waals surface area (Å²) >= 11 is 0. The summed E-state index contributed by atoms with van der Waals surface area (Å²) in [7, 11) is 0. The highest BCUT2D eigenvalue weighted by Gasteiger charge is 2.38. The van der Waals surface area contributed by atoms with Gasteiger partial charge in [0, 0.05) is 6.20 Å². The Balaban J connectivity index is 2.60. The number of aromatic carboxylic acids is 1. The van der Waals surface area contributed by atoms with Gasteiger partial charge >= 0.3 is 12.1 Å². The molecule has 0 radical (unpaired) electrons. The van der Waals surface area contributed by atoms with Crippen molar-refractivity contribution < 1.29 is 23.1 Å².